The molecule has 0 N–H and O–H groups in total. The lowest BCUT2D eigenvalue weighted by atomic mass is 9.64. The highest BCUT2D eigenvalue weighted by Gasteiger charge is 2.36. The minimum absolute atomic E-state index is 0.135. The molecule has 2 aromatic carbocycles. The van der Waals surface area contributed by atoms with Crippen molar-refractivity contribution in [2.45, 2.75) is 58.8 Å². The maximum atomic E-state index is 4.38. The highest BCUT2D eigenvalue weighted by atomic mass is 14.8. The Balaban J connectivity index is 1.59. The number of fused-ring (bicyclic) bond motifs is 4. The fraction of sp³-hybridized carbons (Fsp3) is 0.357. The normalized spacial score (nSPS) is 18.9. The van der Waals surface area contributed by atoms with Crippen molar-refractivity contribution in [2.75, 3.05) is 0 Å². The molecule has 0 unspecified atom stereocenters. The minimum atomic E-state index is 0.135. The van der Waals surface area contributed by atoms with Gasteiger partial charge in [0.1, 0.15) is 5.82 Å². The SMILES string of the molecule is CC1(C)C=CC2=C(C1)CC(C)(C)c1c2ccc2ccc(CCc3ncccn3)cc12. The Kier molecular flexibility index (Phi) is 4.43. The van der Waals surface area contributed by atoms with Crippen molar-refractivity contribution in [1.29, 1.82) is 0 Å². The lowest BCUT2D eigenvalue weighted by Crippen LogP contribution is -2.27. The van der Waals surface area contributed by atoms with Crippen LogP contribution in [-0.4, -0.2) is 9.97 Å². The molecular weight excluding hydrogens is 364 g/mol. The maximum absolute atomic E-state index is 4.38. The molecule has 0 bridgehead atoms. The highest BCUT2D eigenvalue weighted by molar-refractivity contribution is 5.95. The number of benzene rings is 2. The molecule has 2 aliphatic rings. The largest absolute Gasteiger partial charge is 0.241 e. The maximum Gasteiger partial charge on any atom is 0.128 e. The summed E-state index contributed by atoms with van der Waals surface area (Å²) >= 11 is 0. The Morgan fingerprint density at radius 3 is 2.47 bits per heavy atom. The van der Waals surface area contributed by atoms with Gasteiger partial charge < -0.3 is 0 Å². The van der Waals surface area contributed by atoms with E-state index in [-0.39, 0.29) is 10.8 Å². The van der Waals surface area contributed by atoms with Crippen LogP contribution in [0.3, 0.4) is 0 Å². The van der Waals surface area contributed by atoms with E-state index >= 15 is 0 Å². The molecule has 30 heavy (non-hydrogen) atoms. The summed E-state index contributed by atoms with van der Waals surface area (Å²) in [6, 6.07) is 13.5. The summed E-state index contributed by atoms with van der Waals surface area (Å²) in [6.45, 7) is 9.54. The van der Waals surface area contributed by atoms with Crippen molar-refractivity contribution in [2.24, 2.45) is 5.41 Å². The zero-order chi connectivity index (χ0) is 20.9. The van der Waals surface area contributed by atoms with Gasteiger partial charge in [-0.2, -0.15) is 0 Å². The molecule has 5 rings (SSSR count). The first-order chi connectivity index (χ1) is 14.3. The van der Waals surface area contributed by atoms with E-state index in [1.165, 1.54) is 33.0 Å². The zero-order valence-electron chi connectivity index (χ0n) is 18.5. The quantitative estimate of drug-likeness (QED) is 0.486. The van der Waals surface area contributed by atoms with Crippen LogP contribution < -0.4 is 0 Å². The second-order valence-corrected chi connectivity index (χ2v) is 10.3. The smallest absolute Gasteiger partial charge is 0.128 e. The number of nitrogens with zero attached hydrogens (tertiary/aromatic N) is 2. The lowest BCUT2D eigenvalue weighted by molar-refractivity contribution is 0.429. The molecular formula is C28H30N2. The summed E-state index contributed by atoms with van der Waals surface area (Å²) in [6.07, 6.45) is 12.6. The van der Waals surface area contributed by atoms with Crippen LogP contribution in [0.5, 0.6) is 0 Å². The summed E-state index contributed by atoms with van der Waals surface area (Å²) in [7, 11) is 0. The molecule has 0 atom stereocenters. The average Bonchev–Trinajstić information content (AvgIpc) is 2.71. The lowest BCUT2D eigenvalue weighted by Gasteiger charge is -2.40. The monoisotopic (exact) mass is 394 g/mol. The van der Waals surface area contributed by atoms with E-state index in [2.05, 4.69) is 80.1 Å². The molecule has 0 fully saturated rings. The molecule has 2 aliphatic carbocycles. The van der Waals surface area contributed by atoms with Crippen molar-refractivity contribution in [1.82, 2.24) is 9.97 Å². The molecule has 152 valence electrons. The molecule has 3 aromatic rings. The molecule has 0 spiro atoms. The van der Waals surface area contributed by atoms with Crippen LogP contribution in [-0.2, 0) is 18.3 Å². The first-order valence-corrected chi connectivity index (χ1v) is 11.1. The van der Waals surface area contributed by atoms with Crippen molar-refractivity contribution >= 4 is 16.3 Å². The van der Waals surface area contributed by atoms with Crippen LogP contribution in [0.25, 0.3) is 16.3 Å². The van der Waals surface area contributed by atoms with Gasteiger partial charge >= 0.3 is 0 Å². The van der Waals surface area contributed by atoms with Gasteiger partial charge in [-0.25, -0.2) is 9.97 Å². The fourth-order valence-corrected chi connectivity index (χ4v) is 5.38. The Bertz CT molecular complexity index is 1180. The van der Waals surface area contributed by atoms with Gasteiger partial charge in [0.2, 0.25) is 0 Å². The summed E-state index contributed by atoms with van der Waals surface area (Å²) in [5.41, 5.74) is 7.79. The third-order valence-electron chi connectivity index (χ3n) is 6.72. The predicted molar refractivity (Wildman–Crippen MR) is 125 cm³/mol. The molecule has 0 aliphatic heterocycles. The van der Waals surface area contributed by atoms with E-state index in [0.717, 1.165) is 31.5 Å². The van der Waals surface area contributed by atoms with Gasteiger partial charge in [0.05, 0.1) is 0 Å². The Hall–Kier alpha value is -2.74. The van der Waals surface area contributed by atoms with Crippen LogP contribution in [0.4, 0.5) is 0 Å². The number of allylic oxidation sites excluding steroid dienone is 4. The molecule has 0 saturated carbocycles. The van der Waals surface area contributed by atoms with Crippen LogP contribution >= 0.6 is 0 Å². The first-order valence-electron chi connectivity index (χ1n) is 11.1. The van der Waals surface area contributed by atoms with Gasteiger partial charge in [0.15, 0.2) is 0 Å². The summed E-state index contributed by atoms with van der Waals surface area (Å²) in [4.78, 5) is 8.76. The van der Waals surface area contributed by atoms with Crippen molar-refractivity contribution in [3.63, 3.8) is 0 Å². The Labute approximate surface area is 179 Å². The minimum Gasteiger partial charge on any atom is -0.241 e. The summed E-state index contributed by atoms with van der Waals surface area (Å²) < 4.78 is 0. The van der Waals surface area contributed by atoms with Crippen molar-refractivity contribution in [3.05, 3.63) is 89.0 Å². The number of hydrogen-bond donors (Lipinski definition) is 0. The topological polar surface area (TPSA) is 25.8 Å². The van der Waals surface area contributed by atoms with Crippen molar-refractivity contribution < 1.29 is 0 Å². The number of aromatic nitrogens is 2. The van der Waals surface area contributed by atoms with Gasteiger partial charge in [0, 0.05) is 18.8 Å². The Morgan fingerprint density at radius 2 is 1.67 bits per heavy atom. The molecule has 2 heteroatoms. The van der Waals surface area contributed by atoms with Crippen LogP contribution in [0.2, 0.25) is 0 Å². The average molecular weight is 395 g/mol. The van der Waals surface area contributed by atoms with Gasteiger partial charge in [-0.1, -0.05) is 75.8 Å². The first kappa shape index (κ1) is 19.2. The molecule has 0 saturated heterocycles. The standard InChI is InChI=1S/C28H30N2/c1-27(2)13-12-22-21(17-27)18-28(3,4)26-23(22)10-9-20-8-6-19(16-24(20)26)7-11-25-29-14-5-15-30-25/h5-6,8-10,12-16H,7,11,17-18H2,1-4H3. The van der Waals surface area contributed by atoms with E-state index in [0.29, 0.717) is 0 Å². The third kappa shape index (κ3) is 3.39. The van der Waals surface area contributed by atoms with Crippen LogP contribution in [0.1, 0.15) is 63.1 Å². The van der Waals surface area contributed by atoms with E-state index < -0.39 is 0 Å². The fourth-order valence-electron chi connectivity index (χ4n) is 5.38. The van der Waals surface area contributed by atoms with E-state index in [1.54, 1.807) is 5.57 Å². The van der Waals surface area contributed by atoms with Crippen LogP contribution in [0, 0.1) is 5.41 Å². The Morgan fingerprint density at radius 1 is 0.900 bits per heavy atom. The van der Waals surface area contributed by atoms with Gasteiger partial charge in [-0.3, -0.25) is 0 Å². The summed E-state index contributed by atoms with van der Waals surface area (Å²) in [5, 5.41) is 2.75. The van der Waals surface area contributed by atoms with Gasteiger partial charge in [0.25, 0.3) is 0 Å². The molecule has 1 aromatic heterocycles. The van der Waals surface area contributed by atoms with E-state index in [9.17, 15) is 0 Å². The number of aryl methyl sites for hydroxylation is 2. The van der Waals surface area contributed by atoms with Gasteiger partial charge in [-0.05, 0) is 69.2 Å². The molecule has 1 heterocycles. The van der Waals surface area contributed by atoms with Crippen molar-refractivity contribution in [3.8, 4) is 0 Å². The molecule has 0 amide bonds. The molecule has 2 nitrogen and oxygen atoms in total. The highest BCUT2D eigenvalue weighted by Crippen LogP contribution is 2.51. The second-order valence-electron chi connectivity index (χ2n) is 10.3. The second kappa shape index (κ2) is 6.91. The number of rotatable bonds is 3. The van der Waals surface area contributed by atoms with Crippen LogP contribution in [0.15, 0.2) is 66.5 Å². The zero-order valence-corrected chi connectivity index (χ0v) is 18.5. The molecule has 0 radical (unpaired) electrons. The summed E-state index contributed by atoms with van der Waals surface area (Å²) in [5.74, 6) is 0.915. The number of hydrogen-bond acceptors (Lipinski definition) is 2. The van der Waals surface area contributed by atoms with Gasteiger partial charge in [-0.15, -0.1) is 0 Å². The third-order valence-corrected chi connectivity index (χ3v) is 6.72. The van der Waals surface area contributed by atoms with E-state index in [1.807, 2.05) is 18.5 Å². The van der Waals surface area contributed by atoms with E-state index in [4.69, 9.17) is 0 Å². The predicted octanol–water partition coefficient (Wildman–Crippen LogP) is 6.84.